The molecule has 29 heavy (non-hydrogen) atoms. The van der Waals surface area contributed by atoms with Gasteiger partial charge in [-0.2, -0.15) is 8.42 Å². The van der Waals surface area contributed by atoms with Crippen LogP contribution in [-0.2, 0) is 24.4 Å². The second-order valence-corrected chi connectivity index (χ2v) is 9.69. The van der Waals surface area contributed by atoms with E-state index in [1.54, 1.807) is 59.7 Å². The van der Waals surface area contributed by atoms with Gasteiger partial charge < -0.3 is 19.0 Å². The number of nitrogens with one attached hydrogen (secondary N) is 1. The van der Waals surface area contributed by atoms with E-state index in [1.807, 2.05) is 0 Å². The van der Waals surface area contributed by atoms with Crippen molar-refractivity contribution >= 4 is 22.2 Å². The summed E-state index contributed by atoms with van der Waals surface area (Å²) in [5.74, 6) is -0.467. The predicted molar refractivity (Wildman–Crippen MR) is 109 cm³/mol. The van der Waals surface area contributed by atoms with Crippen molar-refractivity contribution < 1.29 is 31.7 Å². The molecule has 0 aliphatic rings. The lowest BCUT2D eigenvalue weighted by molar-refractivity contribution is -0.155. The number of para-hydroxylation sites is 1. The quantitative estimate of drug-likeness (QED) is 0.524. The fraction of sp³-hybridized carbons (Fsp3) is 0.500. The van der Waals surface area contributed by atoms with Gasteiger partial charge in [0, 0.05) is 0 Å². The van der Waals surface area contributed by atoms with E-state index in [2.05, 4.69) is 5.32 Å². The van der Waals surface area contributed by atoms with Crippen molar-refractivity contribution in [3.63, 3.8) is 0 Å². The Morgan fingerprint density at radius 3 is 2.07 bits per heavy atom. The zero-order valence-corrected chi connectivity index (χ0v) is 18.4. The van der Waals surface area contributed by atoms with Crippen molar-refractivity contribution in [2.24, 2.45) is 0 Å². The molecule has 0 spiro atoms. The van der Waals surface area contributed by atoms with E-state index < -0.39 is 39.4 Å². The normalized spacial score (nSPS) is 13.6. The molecular formula is C20H29NO7S. The van der Waals surface area contributed by atoms with Gasteiger partial charge in [-0.3, -0.25) is 4.79 Å². The van der Waals surface area contributed by atoms with Crippen LogP contribution in [-0.4, -0.2) is 37.7 Å². The maximum Gasteiger partial charge on any atom is 0.408 e. The average molecular weight is 428 g/mol. The van der Waals surface area contributed by atoms with Crippen LogP contribution in [0.25, 0.3) is 0 Å². The van der Waals surface area contributed by atoms with Crippen LogP contribution in [0.2, 0.25) is 0 Å². The van der Waals surface area contributed by atoms with Crippen LogP contribution in [0.5, 0.6) is 5.75 Å². The van der Waals surface area contributed by atoms with Gasteiger partial charge in [0.15, 0.2) is 0 Å². The van der Waals surface area contributed by atoms with Gasteiger partial charge in [0.05, 0.1) is 17.9 Å². The Morgan fingerprint density at radius 1 is 1.00 bits per heavy atom. The lowest BCUT2D eigenvalue weighted by atomic mass is 10.1. The number of benzene rings is 1. The lowest BCUT2D eigenvalue weighted by Crippen LogP contribution is -2.40. The Morgan fingerprint density at radius 2 is 1.55 bits per heavy atom. The zero-order valence-electron chi connectivity index (χ0n) is 17.6. The first-order chi connectivity index (χ1) is 13.2. The summed E-state index contributed by atoms with van der Waals surface area (Å²) < 4.78 is 39.7. The molecule has 0 saturated heterocycles. The number of rotatable bonds is 7. The second-order valence-electron chi connectivity index (χ2n) is 8.26. The molecule has 0 fully saturated rings. The molecule has 1 unspecified atom stereocenters. The van der Waals surface area contributed by atoms with Gasteiger partial charge in [-0.05, 0) is 59.8 Å². The van der Waals surface area contributed by atoms with Gasteiger partial charge in [0.2, 0.25) is 0 Å². The Balaban J connectivity index is 2.92. The topological polar surface area (TPSA) is 108 Å². The summed E-state index contributed by atoms with van der Waals surface area (Å²) in [6, 6.07) is 6.98. The van der Waals surface area contributed by atoms with Crippen LogP contribution in [0.15, 0.2) is 41.8 Å². The van der Waals surface area contributed by atoms with Crippen LogP contribution in [0, 0.1) is 0 Å². The first-order valence-corrected chi connectivity index (χ1v) is 10.5. The number of esters is 1. The molecule has 0 bridgehead atoms. The molecule has 162 valence electrons. The van der Waals surface area contributed by atoms with E-state index in [0.717, 1.165) is 11.5 Å². The van der Waals surface area contributed by atoms with Crippen molar-refractivity contribution in [1.29, 1.82) is 0 Å². The lowest BCUT2D eigenvalue weighted by Gasteiger charge is -2.23. The summed E-state index contributed by atoms with van der Waals surface area (Å²) in [4.78, 5) is 24.2. The summed E-state index contributed by atoms with van der Waals surface area (Å²) in [5.41, 5.74) is -1.48. The number of carbonyl (C=O) groups excluding carboxylic acids is 2. The highest BCUT2D eigenvalue weighted by atomic mass is 32.2. The largest absolute Gasteiger partial charge is 0.460 e. The SMILES string of the molecule is CC(C)(C)OC(=O)CC(C=CS(=O)(=O)Oc1ccccc1)NC(=O)OC(C)(C)C. The van der Waals surface area contributed by atoms with Gasteiger partial charge in [-0.25, -0.2) is 4.79 Å². The Labute approximate surface area is 172 Å². The molecule has 1 aromatic rings. The zero-order chi connectivity index (χ0) is 22.3. The highest BCUT2D eigenvalue weighted by Crippen LogP contribution is 2.14. The van der Waals surface area contributed by atoms with Crippen molar-refractivity contribution in [3.8, 4) is 5.75 Å². The molecule has 1 amide bonds. The third kappa shape index (κ3) is 11.8. The maximum atomic E-state index is 12.2. The Hall–Kier alpha value is -2.55. The molecule has 1 rings (SSSR count). The first-order valence-electron chi connectivity index (χ1n) is 9.04. The monoisotopic (exact) mass is 427 g/mol. The molecule has 8 nitrogen and oxygen atoms in total. The molecule has 0 aliphatic heterocycles. The minimum absolute atomic E-state index is 0.140. The number of alkyl carbamates (subject to hydrolysis) is 1. The second kappa shape index (κ2) is 9.78. The van der Waals surface area contributed by atoms with Crippen molar-refractivity contribution in [3.05, 3.63) is 41.8 Å². The summed E-state index contributed by atoms with van der Waals surface area (Å²) in [6.07, 6.45) is 0.0667. The van der Waals surface area contributed by atoms with Gasteiger partial charge >= 0.3 is 22.2 Å². The molecule has 9 heteroatoms. The standard InChI is InChI=1S/C20H29NO7S/c1-19(2,3)26-17(22)14-15(21-18(23)27-20(4,5)6)12-13-29(24,25)28-16-10-8-7-9-11-16/h7-13,15H,14H2,1-6H3,(H,21,23). The molecule has 0 aliphatic carbocycles. The molecule has 0 heterocycles. The van der Waals surface area contributed by atoms with Crippen LogP contribution in [0.1, 0.15) is 48.0 Å². The van der Waals surface area contributed by atoms with Crippen LogP contribution in [0.4, 0.5) is 4.79 Å². The minimum atomic E-state index is -4.10. The third-order valence-corrected chi connectivity index (χ3v) is 3.86. The average Bonchev–Trinajstić information content (AvgIpc) is 2.49. The van der Waals surface area contributed by atoms with E-state index in [0.29, 0.717) is 0 Å². The fourth-order valence-corrected chi connectivity index (χ4v) is 2.83. The van der Waals surface area contributed by atoms with Crippen LogP contribution < -0.4 is 9.50 Å². The van der Waals surface area contributed by atoms with Crippen LogP contribution in [0.3, 0.4) is 0 Å². The Bertz CT molecular complexity index is 789. The number of hydrogen-bond donors (Lipinski definition) is 1. The number of amides is 1. The number of carbonyl (C=O) groups is 2. The molecular weight excluding hydrogens is 398 g/mol. The fourth-order valence-electron chi connectivity index (χ4n) is 2.02. The molecule has 0 radical (unpaired) electrons. The molecule has 1 atom stereocenters. The maximum absolute atomic E-state index is 12.2. The van der Waals surface area contributed by atoms with E-state index in [1.165, 1.54) is 12.1 Å². The van der Waals surface area contributed by atoms with Crippen molar-refractivity contribution in [2.75, 3.05) is 0 Å². The van der Waals surface area contributed by atoms with Crippen LogP contribution >= 0.6 is 0 Å². The summed E-state index contributed by atoms with van der Waals surface area (Å²) in [7, 11) is -4.10. The number of ether oxygens (including phenoxy) is 2. The van der Waals surface area contributed by atoms with Gasteiger partial charge in [-0.15, -0.1) is 0 Å². The smallest absolute Gasteiger partial charge is 0.408 e. The van der Waals surface area contributed by atoms with E-state index in [9.17, 15) is 18.0 Å². The van der Waals surface area contributed by atoms with Gasteiger partial charge in [0.25, 0.3) is 0 Å². The highest BCUT2D eigenvalue weighted by molar-refractivity contribution is 7.90. The third-order valence-electron chi connectivity index (χ3n) is 2.94. The molecule has 0 saturated carbocycles. The summed E-state index contributed by atoms with van der Waals surface area (Å²) >= 11 is 0. The molecule has 0 aromatic heterocycles. The number of hydrogen-bond acceptors (Lipinski definition) is 7. The van der Waals surface area contributed by atoms with Crippen molar-refractivity contribution in [1.82, 2.24) is 5.32 Å². The van der Waals surface area contributed by atoms with E-state index in [4.69, 9.17) is 13.7 Å². The van der Waals surface area contributed by atoms with Crippen molar-refractivity contribution in [2.45, 2.75) is 65.2 Å². The summed E-state index contributed by atoms with van der Waals surface area (Å²) in [6.45, 7) is 10.2. The molecule has 1 aromatic carbocycles. The Kier molecular flexibility index (Phi) is 8.25. The van der Waals surface area contributed by atoms with E-state index in [-0.39, 0.29) is 12.2 Å². The first kappa shape index (κ1) is 24.5. The minimum Gasteiger partial charge on any atom is -0.460 e. The molecule has 1 N–H and O–H groups in total. The van der Waals surface area contributed by atoms with Gasteiger partial charge in [0.1, 0.15) is 17.0 Å². The predicted octanol–water partition coefficient (Wildman–Crippen LogP) is 3.53. The highest BCUT2D eigenvalue weighted by Gasteiger charge is 2.23. The van der Waals surface area contributed by atoms with E-state index >= 15 is 0 Å². The van der Waals surface area contributed by atoms with Gasteiger partial charge in [-0.1, -0.05) is 18.2 Å². The summed E-state index contributed by atoms with van der Waals surface area (Å²) in [5, 5.41) is 3.24.